The maximum Gasteiger partial charge on any atom is 0.239 e. The van der Waals surface area contributed by atoms with Crippen molar-refractivity contribution in [3.8, 4) is 0 Å². The van der Waals surface area contributed by atoms with Gasteiger partial charge in [0.25, 0.3) is 0 Å². The number of rotatable bonds is 2. The van der Waals surface area contributed by atoms with Crippen molar-refractivity contribution < 1.29 is 9.53 Å². The smallest absolute Gasteiger partial charge is 0.239 e. The molecule has 0 aliphatic carbocycles. The standard InChI is InChI=1S/C11H20N2O2S/c1-10(12-4-8-16-9-5-12)11(14)13-2-6-15-7-3-13/h10H,2-9H2,1H3. The van der Waals surface area contributed by atoms with Crippen molar-refractivity contribution in [1.29, 1.82) is 0 Å². The van der Waals surface area contributed by atoms with E-state index >= 15 is 0 Å². The summed E-state index contributed by atoms with van der Waals surface area (Å²) in [6.07, 6.45) is 0. The van der Waals surface area contributed by atoms with E-state index in [0.29, 0.717) is 13.2 Å². The van der Waals surface area contributed by atoms with Crippen molar-refractivity contribution in [2.75, 3.05) is 50.9 Å². The van der Waals surface area contributed by atoms with Crippen LogP contribution in [-0.2, 0) is 9.53 Å². The van der Waals surface area contributed by atoms with E-state index in [2.05, 4.69) is 4.90 Å². The highest BCUT2D eigenvalue weighted by atomic mass is 32.2. The summed E-state index contributed by atoms with van der Waals surface area (Å²) in [5, 5.41) is 0. The fourth-order valence-corrected chi connectivity index (χ4v) is 3.10. The number of carbonyl (C=O) groups excluding carboxylic acids is 1. The molecule has 2 fully saturated rings. The maximum absolute atomic E-state index is 12.2. The van der Waals surface area contributed by atoms with Crippen molar-refractivity contribution in [3.63, 3.8) is 0 Å². The van der Waals surface area contributed by atoms with E-state index in [0.717, 1.165) is 37.7 Å². The molecule has 2 aliphatic heterocycles. The molecule has 1 unspecified atom stereocenters. The van der Waals surface area contributed by atoms with Crippen molar-refractivity contribution in [3.05, 3.63) is 0 Å². The van der Waals surface area contributed by atoms with Gasteiger partial charge in [-0.05, 0) is 6.92 Å². The molecule has 0 spiro atoms. The highest BCUT2D eigenvalue weighted by molar-refractivity contribution is 7.99. The van der Waals surface area contributed by atoms with Gasteiger partial charge < -0.3 is 9.64 Å². The van der Waals surface area contributed by atoms with E-state index in [9.17, 15) is 4.79 Å². The fraction of sp³-hybridized carbons (Fsp3) is 0.909. The summed E-state index contributed by atoms with van der Waals surface area (Å²) >= 11 is 1.98. The van der Waals surface area contributed by atoms with Gasteiger partial charge in [-0.25, -0.2) is 0 Å². The van der Waals surface area contributed by atoms with Crippen LogP contribution in [0, 0.1) is 0 Å². The lowest BCUT2D eigenvalue weighted by Gasteiger charge is -2.35. The lowest BCUT2D eigenvalue weighted by molar-refractivity contribution is -0.140. The number of hydrogen-bond acceptors (Lipinski definition) is 4. The first-order chi connectivity index (χ1) is 7.79. The van der Waals surface area contributed by atoms with Gasteiger partial charge in [0.2, 0.25) is 5.91 Å². The molecule has 0 saturated carbocycles. The third-order valence-electron chi connectivity index (χ3n) is 3.27. The van der Waals surface area contributed by atoms with Gasteiger partial charge >= 0.3 is 0 Å². The first-order valence-electron chi connectivity index (χ1n) is 5.97. The molecule has 0 bridgehead atoms. The largest absolute Gasteiger partial charge is 0.378 e. The number of morpholine rings is 1. The third-order valence-corrected chi connectivity index (χ3v) is 4.22. The first-order valence-corrected chi connectivity index (χ1v) is 7.13. The third kappa shape index (κ3) is 2.90. The van der Waals surface area contributed by atoms with Crippen LogP contribution < -0.4 is 0 Å². The van der Waals surface area contributed by atoms with Crippen molar-refractivity contribution in [1.82, 2.24) is 9.80 Å². The Hall–Kier alpha value is -0.260. The zero-order valence-corrected chi connectivity index (χ0v) is 10.7. The minimum Gasteiger partial charge on any atom is -0.378 e. The molecule has 2 saturated heterocycles. The quantitative estimate of drug-likeness (QED) is 0.699. The summed E-state index contributed by atoms with van der Waals surface area (Å²) in [6.45, 7) is 7.01. The molecule has 1 amide bonds. The molecule has 2 aliphatic rings. The monoisotopic (exact) mass is 244 g/mol. The van der Waals surface area contributed by atoms with Crippen LogP contribution >= 0.6 is 11.8 Å². The highest BCUT2D eigenvalue weighted by Crippen LogP contribution is 2.14. The summed E-state index contributed by atoms with van der Waals surface area (Å²) in [5.41, 5.74) is 0. The van der Waals surface area contributed by atoms with Crippen LogP contribution in [0.3, 0.4) is 0 Å². The van der Waals surface area contributed by atoms with E-state index in [1.807, 2.05) is 23.6 Å². The van der Waals surface area contributed by atoms with Crippen molar-refractivity contribution in [2.24, 2.45) is 0 Å². The van der Waals surface area contributed by atoms with Gasteiger partial charge in [0.15, 0.2) is 0 Å². The molecule has 0 aromatic carbocycles. The number of hydrogen-bond donors (Lipinski definition) is 0. The molecule has 16 heavy (non-hydrogen) atoms. The molecule has 0 radical (unpaired) electrons. The zero-order chi connectivity index (χ0) is 11.4. The fourth-order valence-electron chi connectivity index (χ4n) is 2.17. The summed E-state index contributed by atoms with van der Waals surface area (Å²) in [7, 11) is 0. The highest BCUT2D eigenvalue weighted by Gasteiger charge is 2.27. The molecule has 0 aromatic rings. The van der Waals surface area contributed by atoms with Crippen LogP contribution in [0.4, 0.5) is 0 Å². The molecule has 4 nitrogen and oxygen atoms in total. The SMILES string of the molecule is CC(C(=O)N1CCOCC1)N1CCSCC1. The molecule has 0 N–H and O–H groups in total. The summed E-state index contributed by atoms with van der Waals surface area (Å²) in [5.74, 6) is 2.58. The molecule has 2 rings (SSSR count). The number of ether oxygens (including phenoxy) is 1. The second-order valence-corrected chi connectivity index (χ2v) is 5.49. The number of carbonyl (C=O) groups is 1. The Kier molecular flexibility index (Phi) is 4.49. The van der Waals surface area contributed by atoms with Gasteiger partial charge in [-0.2, -0.15) is 11.8 Å². The molecular weight excluding hydrogens is 224 g/mol. The van der Waals surface area contributed by atoms with Gasteiger partial charge in [0.05, 0.1) is 19.3 Å². The lowest BCUT2D eigenvalue weighted by Crippen LogP contribution is -2.52. The molecule has 0 aromatic heterocycles. The van der Waals surface area contributed by atoms with Gasteiger partial charge in [-0.15, -0.1) is 0 Å². The van der Waals surface area contributed by atoms with E-state index in [1.54, 1.807) is 0 Å². The van der Waals surface area contributed by atoms with Crippen LogP contribution in [0.15, 0.2) is 0 Å². The number of nitrogens with zero attached hydrogens (tertiary/aromatic N) is 2. The minimum atomic E-state index is 0.0407. The van der Waals surface area contributed by atoms with Crippen LogP contribution in [0.2, 0.25) is 0 Å². The number of thioether (sulfide) groups is 1. The topological polar surface area (TPSA) is 32.8 Å². The lowest BCUT2D eigenvalue weighted by atomic mass is 10.2. The van der Waals surface area contributed by atoms with Gasteiger partial charge in [-0.1, -0.05) is 0 Å². The molecule has 92 valence electrons. The van der Waals surface area contributed by atoms with E-state index in [4.69, 9.17) is 4.74 Å². The average Bonchev–Trinajstić information content (AvgIpc) is 2.39. The first kappa shape index (κ1) is 12.2. The Morgan fingerprint density at radius 1 is 1.19 bits per heavy atom. The Morgan fingerprint density at radius 3 is 2.44 bits per heavy atom. The molecular formula is C11H20N2O2S. The van der Waals surface area contributed by atoms with Crippen LogP contribution in [0.1, 0.15) is 6.92 Å². The predicted octanol–water partition coefficient (Wildman–Crippen LogP) is 0.282. The van der Waals surface area contributed by atoms with Crippen molar-refractivity contribution in [2.45, 2.75) is 13.0 Å². The summed E-state index contributed by atoms with van der Waals surface area (Å²) < 4.78 is 5.26. The average molecular weight is 244 g/mol. The number of amides is 1. The van der Waals surface area contributed by atoms with E-state index in [1.165, 1.54) is 0 Å². The summed E-state index contributed by atoms with van der Waals surface area (Å²) in [6, 6.07) is 0.0407. The van der Waals surface area contributed by atoms with Gasteiger partial charge in [-0.3, -0.25) is 9.69 Å². The van der Waals surface area contributed by atoms with Crippen LogP contribution in [0.25, 0.3) is 0 Å². The van der Waals surface area contributed by atoms with E-state index < -0.39 is 0 Å². The minimum absolute atomic E-state index is 0.0407. The Balaban J connectivity index is 1.86. The molecule has 2 heterocycles. The van der Waals surface area contributed by atoms with Crippen LogP contribution in [0.5, 0.6) is 0 Å². The van der Waals surface area contributed by atoms with Crippen LogP contribution in [-0.4, -0.2) is 72.6 Å². The van der Waals surface area contributed by atoms with Gasteiger partial charge in [0, 0.05) is 37.7 Å². The Morgan fingerprint density at radius 2 is 1.81 bits per heavy atom. The Labute approximate surface area is 101 Å². The predicted molar refractivity (Wildman–Crippen MR) is 65.8 cm³/mol. The molecule has 5 heteroatoms. The normalized spacial score (nSPS) is 25.4. The Bertz CT molecular complexity index is 238. The second kappa shape index (κ2) is 5.89. The van der Waals surface area contributed by atoms with Gasteiger partial charge in [0.1, 0.15) is 0 Å². The second-order valence-electron chi connectivity index (χ2n) is 4.26. The summed E-state index contributed by atoms with van der Waals surface area (Å²) in [4.78, 5) is 16.5. The zero-order valence-electron chi connectivity index (χ0n) is 9.85. The van der Waals surface area contributed by atoms with E-state index in [-0.39, 0.29) is 11.9 Å². The van der Waals surface area contributed by atoms with Crippen molar-refractivity contribution >= 4 is 17.7 Å². The maximum atomic E-state index is 12.2. The molecule has 1 atom stereocenters.